The molecule has 0 heterocycles. The molecular weight excluding hydrogens is 234 g/mol. The van der Waals surface area contributed by atoms with E-state index in [2.05, 4.69) is 15.6 Å². The van der Waals surface area contributed by atoms with Gasteiger partial charge in [0.2, 0.25) is 0 Å². The van der Waals surface area contributed by atoms with Crippen molar-refractivity contribution in [1.29, 1.82) is 0 Å². The lowest BCUT2D eigenvalue weighted by atomic mass is 10.1. The van der Waals surface area contributed by atoms with Crippen LogP contribution >= 0.6 is 0 Å². The van der Waals surface area contributed by atoms with Crippen molar-refractivity contribution in [2.75, 3.05) is 19.6 Å². The highest BCUT2D eigenvalue weighted by Crippen LogP contribution is 1.96. The minimum atomic E-state index is -0.260. The van der Waals surface area contributed by atoms with E-state index in [0.29, 0.717) is 19.6 Å². The maximum Gasteiger partial charge on any atom is 0.315 e. The number of carbonyl (C=O) groups is 1. The van der Waals surface area contributed by atoms with Gasteiger partial charge in [-0.3, -0.25) is 4.99 Å². The van der Waals surface area contributed by atoms with Crippen LogP contribution in [0.15, 0.2) is 4.99 Å². The van der Waals surface area contributed by atoms with E-state index in [4.69, 9.17) is 22.9 Å². The SMILES string of the molecule is C[C@H](N)CNC(=O)NC(CN)CCCN=C(N)N. The number of hydrogen-bond donors (Lipinski definition) is 6. The Morgan fingerprint density at radius 3 is 2.56 bits per heavy atom. The van der Waals surface area contributed by atoms with Crippen LogP contribution in [0.2, 0.25) is 0 Å². The zero-order chi connectivity index (χ0) is 14.0. The van der Waals surface area contributed by atoms with Gasteiger partial charge in [0.05, 0.1) is 0 Å². The average molecular weight is 259 g/mol. The number of rotatable bonds is 8. The van der Waals surface area contributed by atoms with Gasteiger partial charge in [-0.2, -0.15) is 0 Å². The maximum absolute atomic E-state index is 11.5. The summed E-state index contributed by atoms with van der Waals surface area (Å²) in [5.74, 6) is 0.0712. The Balaban J connectivity index is 3.81. The molecule has 18 heavy (non-hydrogen) atoms. The number of carbonyl (C=O) groups excluding carboxylic acids is 1. The van der Waals surface area contributed by atoms with E-state index in [0.717, 1.165) is 12.8 Å². The van der Waals surface area contributed by atoms with E-state index >= 15 is 0 Å². The summed E-state index contributed by atoms with van der Waals surface area (Å²) < 4.78 is 0. The molecule has 0 spiro atoms. The van der Waals surface area contributed by atoms with Crippen LogP contribution in [0, 0.1) is 0 Å². The first-order valence-electron chi connectivity index (χ1n) is 6.01. The molecule has 0 aliphatic rings. The number of aliphatic imine (C=N–C) groups is 1. The molecule has 1 unspecified atom stereocenters. The number of urea groups is 1. The van der Waals surface area contributed by atoms with Crippen LogP contribution in [0.25, 0.3) is 0 Å². The van der Waals surface area contributed by atoms with Gasteiger partial charge in [0.25, 0.3) is 0 Å². The fourth-order valence-electron chi connectivity index (χ4n) is 1.28. The summed E-state index contributed by atoms with van der Waals surface area (Å²) in [6, 6.07) is -0.425. The average Bonchev–Trinajstić information content (AvgIpc) is 2.30. The van der Waals surface area contributed by atoms with Gasteiger partial charge in [-0.05, 0) is 19.8 Å². The molecule has 0 fully saturated rings. The van der Waals surface area contributed by atoms with Crippen molar-refractivity contribution in [2.45, 2.75) is 31.8 Å². The highest BCUT2D eigenvalue weighted by molar-refractivity contribution is 5.75. The normalized spacial score (nSPS) is 13.5. The van der Waals surface area contributed by atoms with Crippen LogP contribution < -0.4 is 33.6 Å². The van der Waals surface area contributed by atoms with Gasteiger partial charge in [-0.25, -0.2) is 4.79 Å². The Kier molecular flexibility index (Phi) is 8.67. The first kappa shape index (κ1) is 16.5. The second-order valence-electron chi connectivity index (χ2n) is 4.21. The third-order valence-corrected chi connectivity index (χ3v) is 2.21. The van der Waals surface area contributed by atoms with E-state index in [1.807, 2.05) is 6.92 Å². The number of amides is 2. The van der Waals surface area contributed by atoms with E-state index in [-0.39, 0.29) is 24.1 Å². The van der Waals surface area contributed by atoms with E-state index in [1.165, 1.54) is 0 Å². The number of guanidine groups is 1. The van der Waals surface area contributed by atoms with Gasteiger partial charge in [0, 0.05) is 31.7 Å². The van der Waals surface area contributed by atoms with Crippen molar-refractivity contribution in [3.05, 3.63) is 0 Å². The minimum absolute atomic E-state index is 0.0712. The predicted molar refractivity (Wildman–Crippen MR) is 72.9 cm³/mol. The van der Waals surface area contributed by atoms with E-state index in [9.17, 15) is 4.79 Å². The lowest BCUT2D eigenvalue weighted by Gasteiger charge is -2.17. The lowest BCUT2D eigenvalue weighted by Crippen LogP contribution is -2.47. The Morgan fingerprint density at radius 1 is 1.39 bits per heavy atom. The van der Waals surface area contributed by atoms with Gasteiger partial charge >= 0.3 is 6.03 Å². The largest absolute Gasteiger partial charge is 0.370 e. The van der Waals surface area contributed by atoms with Gasteiger partial charge in [-0.1, -0.05) is 0 Å². The quantitative estimate of drug-likeness (QED) is 0.169. The molecule has 0 aliphatic carbocycles. The monoisotopic (exact) mass is 259 g/mol. The van der Waals surface area contributed by atoms with Crippen LogP contribution in [-0.2, 0) is 0 Å². The van der Waals surface area contributed by atoms with Gasteiger partial charge in [0.1, 0.15) is 0 Å². The van der Waals surface area contributed by atoms with Gasteiger partial charge < -0.3 is 33.6 Å². The molecule has 0 bridgehead atoms. The highest BCUT2D eigenvalue weighted by atomic mass is 16.2. The molecule has 0 aliphatic heterocycles. The molecule has 0 saturated heterocycles. The van der Waals surface area contributed by atoms with Crippen molar-refractivity contribution in [3.63, 3.8) is 0 Å². The van der Waals surface area contributed by atoms with Crippen LogP contribution in [0.5, 0.6) is 0 Å². The van der Waals surface area contributed by atoms with Crippen LogP contribution in [0.1, 0.15) is 19.8 Å². The molecule has 0 rings (SSSR count). The molecule has 8 nitrogen and oxygen atoms in total. The molecule has 106 valence electrons. The summed E-state index contributed by atoms with van der Waals surface area (Å²) in [6.07, 6.45) is 1.48. The smallest absolute Gasteiger partial charge is 0.315 e. The standard InChI is InChI=1S/C10H25N7O/c1-7(12)6-16-10(18)17-8(5-11)3-2-4-15-9(13)14/h7-8H,2-6,11-12H2,1H3,(H4,13,14,15)(H2,16,17,18)/t7-,8?/m0/s1. The molecule has 0 radical (unpaired) electrons. The summed E-state index contributed by atoms with van der Waals surface area (Å²) in [6.45, 7) is 3.14. The second-order valence-corrected chi connectivity index (χ2v) is 4.21. The topological polar surface area (TPSA) is 158 Å². The minimum Gasteiger partial charge on any atom is -0.370 e. The summed E-state index contributed by atoms with van der Waals surface area (Å²) >= 11 is 0. The molecule has 0 aromatic carbocycles. The van der Waals surface area contributed by atoms with E-state index < -0.39 is 0 Å². The Hall–Kier alpha value is -1.54. The van der Waals surface area contributed by atoms with Crippen molar-refractivity contribution in [2.24, 2.45) is 27.9 Å². The lowest BCUT2D eigenvalue weighted by molar-refractivity contribution is 0.236. The molecule has 0 saturated carbocycles. The Bertz CT molecular complexity index is 263. The summed E-state index contributed by atoms with van der Waals surface area (Å²) in [4.78, 5) is 15.3. The van der Waals surface area contributed by atoms with Crippen molar-refractivity contribution in [1.82, 2.24) is 10.6 Å². The van der Waals surface area contributed by atoms with Crippen molar-refractivity contribution in [3.8, 4) is 0 Å². The number of nitrogens with one attached hydrogen (secondary N) is 2. The first-order valence-corrected chi connectivity index (χ1v) is 6.01. The first-order chi connectivity index (χ1) is 8.45. The predicted octanol–water partition coefficient (Wildman–Crippen LogP) is -1.99. The van der Waals surface area contributed by atoms with Crippen molar-refractivity contribution < 1.29 is 4.79 Å². The zero-order valence-electron chi connectivity index (χ0n) is 10.9. The van der Waals surface area contributed by atoms with Crippen molar-refractivity contribution >= 4 is 12.0 Å². The molecule has 0 aromatic heterocycles. The highest BCUT2D eigenvalue weighted by Gasteiger charge is 2.10. The van der Waals surface area contributed by atoms with Crippen LogP contribution in [-0.4, -0.2) is 43.7 Å². The Morgan fingerprint density at radius 2 is 2.06 bits per heavy atom. The molecule has 0 aromatic rings. The maximum atomic E-state index is 11.5. The van der Waals surface area contributed by atoms with Crippen LogP contribution in [0.3, 0.4) is 0 Å². The molecule has 2 amide bonds. The Labute approximate surface area is 108 Å². The molecule has 8 heteroatoms. The number of hydrogen-bond acceptors (Lipinski definition) is 4. The molecular formula is C10H25N7O. The summed E-state index contributed by atoms with van der Waals surface area (Å²) in [7, 11) is 0. The van der Waals surface area contributed by atoms with Gasteiger partial charge in [-0.15, -0.1) is 0 Å². The van der Waals surface area contributed by atoms with Crippen LogP contribution in [0.4, 0.5) is 4.79 Å². The second kappa shape index (κ2) is 9.49. The number of nitrogens with zero attached hydrogens (tertiary/aromatic N) is 1. The molecule has 2 atom stereocenters. The number of nitrogens with two attached hydrogens (primary N) is 4. The fourth-order valence-corrected chi connectivity index (χ4v) is 1.28. The summed E-state index contributed by atoms with van der Waals surface area (Å²) in [5.41, 5.74) is 21.5. The zero-order valence-corrected chi connectivity index (χ0v) is 10.9. The fraction of sp³-hybridized carbons (Fsp3) is 0.800. The van der Waals surface area contributed by atoms with E-state index in [1.54, 1.807) is 0 Å². The third kappa shape index (κ3) is 9.67. The van der Waals surface area contributed by atoms with Gasteiger partial charge in [0.15, 0.2) is 5.96 Å². The summed E-state index contributed by atoms with van der Waals surface area (Å²) in [5, 5.41) is 5.43. The molecule has 10 N–H and O–H groups in total. The third-order valence-electron chi connectivity index (χ3n) is 2.21.